The first-order valence-electron chi connectivity index (χ1n) is 5.97. The molecule has 10 heteroatoms. The van der Waals surface area contributed by atoms with E-state index in [2.05, 4.69) is 15.0 Å². The molecule has 20 heavy (non-hydrogen) atoms. The molecule has 10 nitrogen and oxygen atoms in total. The Morgan fingerprint density at radius 1 is 1.60 bits per heavy atom. The number of anilines is 1. The van der Waals surface area contributed by atoms with Crippen LogP contribution in [0.5, 0.6) is 0 Å². The normalized spacial score (nSPS) is 28.1. The van der Waals surface area contributed by atoms with E-state index in [0.29, 0.717) is 0 Å². The van der Waals surface area contributed by atoms with Crippen molar-refractivity contribution in [3.63, 3.8) is 0 Å². The lowest BCUT2D eigenvalue weighted by atomic mass is 10.1. The highest BCUT2D eigenvalue weighted by Crippen LogP contribution is 2.31. The number of nitrogens with zero attached hydrogens (tertiary/aromatic N) is 3. The molecule has 0 radical (unpaired) electrons. The minimum absolute atomic E-state index is 0.0433. The zero-order valence-corrected chi connectivity index (χ0v) is 10.3. The number of aromatic amines is 1. The highest BCUT2D eigenvalue weighted by atomic mass is 16.5. The van der Waals surface area contributed by atoms with Crippen molar-refractivity contribution in [2.24, 2.45) is 5.73 Å². The molecule has 1 unspecified atom stereocenters. The first kappa shape index (κ1) is 13.0. The molecule has 0 bridgehead atoms. The highest BCUT2D eigenvalue weighted by Gasteiger charge is 2.38. The summed E-state index contributed by atoms with van der Waals surface area (Å²) in [6.07, 6.45) is -2.19. The van der Waals surface area contributed by atoms with Crippen LogP contribution in [0, 0.1) is 0 Å². The number of imidazole rings is 1. The van der Waals surface area contributed by atoms with Gasteiger partial charge < -0.3 is 26.4 Å². The maximum absolute atomic E-state index is 11.7. The molecule has 0 amide bonds. The van der Waals surface area contributed by atoms with Gasteiger partial charge in [0.1, 0.15) is 18.6 Å². The van der Waals surface area contributed by atoms with Gasteiger partial charge in [0.2, 0.25) is 5.95 Å². The Balaban J connectivity index is 2.02. The molecule has 2 aromatic heterocycles. The minimum Gasteiger partial charge on any atom is -0.390 e. The second-order valence-electron chi connectivity index (χ2n) is 4.62. The van der Waals surface area contributed by atoms with E-state index in [0.717, 1.165) is 0 Å². The van der Waals surface area contributed by atoms with Crippen LogP contribution in [-0.2, 0) is 4.74 Å². The molecular weight excluding hydrogens is 268 g/mol. The number of hydrogen-bond donors (Lipinski definition) is 5. The molecule has 108 valence electrons. The van der Waals surface area contributed by atoms with Crippen LogP contribution in [0.15, 0.2) is 11.1 Å². The van der Waals surface area contributed by atoms with Crippen molar-refractivity contribution in [3.8, 4) is 0 Å². The summed E-state index contributed by atoms with van der Waals surface area (Å²) in [7, 11) is 0. The number of aliphatic hydroxyl groups excluding tert-OH is 2. The van der Waals surface area contributed by atoms with Crippen molar-refractivity contribution in [2.45, 2.75) is 31.1 Å². The number of nitrogens with one attached hydrogen (secondary N) is 1. The average molecular weight is 282 g/mol. The number of nitrogen functional groups attached to an aromatic ring is 1. The number of ether oxygens (including phenoxy) is 1. The van der Waals surface area contributed by atoms with E-state index in [1.165, 1.54) is 10.9 Å². The maximum Gasteiger partial charge on any atom is 0.280 e. The average Bonchev–Trinajstić information content (AvgIpc) is 2.92. The molecule has 1 saturated heterocycles. The van der Waals surface area contributed by atoms with Crippen molar-refractivity contribution in [2.75, 3.05) is 5.73 Å². The molecule has 0 spiro atoms. The number of fused-ring (bicyclic) bond motifs is 1. The summed E-state index contributed by atoms with van der Waals surface area (Å²) in [5.74, 6) is -0.0433. The van der Waals surface area contributed by atoms with Crippen molar-refractivity contribution in [1.82, 2.24) is 19.5 Å². The second kappa shape index (κ2) is 4.52. The first-order valence-corrected chi connectivity index (χ1v) is 5.97. The van der Waals surface area contributed by atoms with Gasteiger partial charge in [0.15, 0.2) is 11.2 Å². The fraction of sp³-hybridized carbons (Fsp3) is 0.500. The van der Waals surface area contributed by atoms with Crippen molar-refractivity contribution in [1.29, 1.82) is 0 Å². The highest BCUT2D eigenvalue weighted by molar-refractivity contribution is 5.70. The lowest BCUT2D eigenvalue weighted by Gasteiger charge is -2.17. The van der Waals surface area contributed by atoms with Gasteiger partial charge >= 0.3 is 0 Å². The molecule has 1 fully saturated rings. The van der Waals surface area contributed by atoms with Crippen LogP contribution in [0.2, 0.25) is 0 Å². The van der Waals surface area contributed by atoms with Crippen molar-refractivity contribution < 1.29 is 14.9 Å². The van der Waals surface area contributed by atoms with Crippen LogP contribution in [0.3, 0.4) is 0 Å². The number of hydrogen-bond acceptors (Lipinski definition) is 8. The van der Waals surface area contributed by atoms with Gasteiger partial charge in [0.25, 0.3) is 5.56 Å². The van der Waals surface area contributed by atoms with Crippen LogP contribution in [0.4, 0.5) is 5.95 Å². The number of aliphatic hydroxyl groups is 2. The summed E-state index contributed by atoms with van der Waals surface area (Å²) in [5.41, 5.74) is 10.7. The Bertz CT molecular complexity index is 695. The van der Waals surface area contributed by atoms with Crippen LogP contribution >= 0.6 is 0 Å². The number of aromatic nitrogens is 4. The molecular formula is C10H14N6O4. The quantitative estimate of drug-likeness (QED) is 0.381. The van der Waals surface area contributed by atoms with Crippen LogP contribution in [0.1, 0.15) is 12.6 Å². The van der Waals surface area contributed by atoms with E-state index < -0.39 is 30.2 Å². The Hall–Kier alpha value is -2.01. The molecule has 1 aliphatic rings. The summed E-state index contributed by atoms with van der Waals surface area (Å²) in [4.78, 5) is 21.9. The molecule has 3 heterocycles. The van der Waals surface area contributed by atoms with Gasteiger partial charge in [-0.25, -0.2) is 4.98 Å². The van der Waals surface area contributed by atoms with Gasteiger partial charge in [-0.05, 0) is 0 Å². The Morgan fingerprint density at radius 3 is 3.00 bits per heavy atom. The van der Waals surface area contributed by atoms with E-state index >= 15 is 0 Å². The van der Waals surface area contributed by atoms with Crippen LogP contribution < -0.4 is 17.0 Å². The zero-order valence-electron chi connectivity index (χ0n) is 10.3. The summed E-state index contributed by atoms with van der Waals surface area (Å²) < 4.78 is 6.95. The summed E-state index contributed by atoms with van der Waals surface area (Å²) in [6.45, 7) is 0. The summed E-state index contributed by atoms with van der Waals surface area (Å²) in [5, 5.41) is 19.1. The predicted octanol–water partition coefficient (Wildman–Crippen LogP) is -2.37. The topological polar surface area (TPSA) is 165 Å². The van der Waals surface area contributed by atoms with Gasteiger partial charge in [-0.3, -0.25) is 14.3 Å². The largest absolute Gasteiger partial charge is 0.390 e. The number of H-pyrrole nitrogens is 1. The molecule has 0 aliphatic carbocycles. The smallest absolute Gasteiger partial charge is 0.280 e. The fourth-order valence-electron chi connectivity index (χ4n) is 2.31. The van der Waals surface area contributed by atoms with Crippen molar-refractivity contribution >= 4 is 17.1 Å². The van der Waals surface area contributed by atoms with Gasteiger partial charge in [-0.15, -0.1) is 0 Å². The predicted molar refractivity (Wildman–Crippen MR) is 67.3 cm³/mol. The van der Waals surface area contributed by atoms with E-state index in [9.17, 15) is 15.0 Å². The van der Waals surface area contributed by atoms with Crippen LogP contribution in [0.25, 0.3) is 11.2 Å². The lowest BCUT2D eigenvalue weighted by molar-refractivity contribution is -0.0790. The number of rotatable bonds is 2. The van der Waals surface area contributed by atoms with Gasteiger partial charge in [-0.2, -0.15) is 4.98 Å². The molecule has 4 atom stereocenters. The first-order chi connectivity index (χ1) is 9.47. The van der Waals surface area contributed by atoms with E-state index in [1.807, 2.05) is 0 Å². The van der Waals surface area contributed by atoms with Gasteiger partial charge in [0, 0.05) is 6.42 Å². The summed E-state index contributed by atoms with van der Waals surface area (Å²) in [6, 6.07) is 0. The molecule has 7 N–H and O–H groups in total. The standard InChI is InChI=1S/C10H14N6O4/c11-7(18)6-3(17)1-4(20-6)16-2-13-5-8(16)14-10(12)15-9(5)19/h2-4,6-7,17-18H,1,11H2,(H3,12,14,15,19)/t3-,4+,6-,7?/m0/s1. The molecule has 0 saturated carbocycles. The SMILES string of the molecule is Nc1nc2c(ncn2[C@H]2C[C@H](O)[C@@H](C(N)O)O2)c(=O)[nH]1. The monoisotopic (exact) mass is 282 g/mol. The zero-order chi connectivity index (χ0) is 14.4. The second-order valence-corrected chi connectivity index (χ2v) is 4.62. The molecule has 3 rings (SSSR count). The van der Waals surface area contributed by atoms with E-state index in [4.69, 9.17) is 16.2 Å². The molecule has 2 aromatic rings. The Labute approximate surface area is 112 Å². The lowest BCUT2D eigenvalue weighted by Crippen LogP contribution is -2.40. The van der Waals surface area contributed by atoms with E-state index in [1.54, 1.807) is 0 Å². The third-order valence-corrected chi connectivity index (χ3v) is 3.23. The fourth-order valence-corrected chi connectivity index (χ4v) is 2.31. The van der Waals surface area contributed by atoms with Crippen LogP contribution in [-0.4, -0.2) is 48.2 Å². The van der Waals surface area contributed by atoms with Gasteiger partial charge in [-0.1, -0.05) is 0 Å². The maximum atomic E-state index is 11.7. The Kier molecular flexibility index (Phi) is 2.94. The molecule has 1 aliphatic heterocycles. The van der Waals surface area contributed by atoms with Gasteiger partial charge in [0.05, 0.1) is 12.4 Å². The van der Waals surface area contributed by atoms with E-state index in [-0.39, 0.29) is 23.5 Å². The number of nitrogens with two attached hydrogens (primary N) is 2. The third-order valence-electron chi connectivity index (χ3n) is 3.23. The Morgan fingerprint density at radius 2 is 2.35 bits per heavy atom. The summed E-state index contributed by atoms with van der Waals surface area (Å²) >= 11 is 0. The third kappa shape index (κ3) is 1.94. The molecule has 0 aromatic carbocycles. The minimum atomic E-state index is -1.30. The van der Waals surface area contributed by atoms with Crippen molar-refractivity contribution in [3.05, 3.63) is 16.7 Å².